The number of hydrogen-bond donors (Lipinski definition) is 1. The van der Waals surface area contributed by atoms with E-state index in [0.717, 1.165) is 10.4 Å². The van der Waals surface area contributed by atoms with Crippen LogP contribution < -0.4 is 5.32 Å². The summed E-state index contributed by atoms with van der Waals surface area (Å²) in [6.07, 6.45) is 0.280. The van der Waals surface area contributed by atoms with Gasteiger partial charge >= 0.3 is 5.97 Å². The molecule has 2 aromatic heterocycles. The van der Waals surface area contributed by atoms with Gasteiger partial charge in [-0.1, -0.05) is 28.9 Å². The fourth-order valence-electron chi connectivity index (χ4n) is 2.22. The van der Waals surface area contributed by atoms with Crippen molar-refractivity contribution >= 4 is 40.5 Å². The van der Waals surface area contributed by atoms with Gasteiger partial charge in [0.1, 0.15) is 0 Å². The number of aromatic nitrogens is 2. The molecule has 0 aliphatic carbocycles. The molecule has 1 amide bonds. The van der Waals surface area contributed by atoms with Crippen molar-refractivity contribution in [2.75, 3.05) is 11.9 Å². The third-order valence-corrected chi connectivity index (χ3v) is 4.93. The molecule has 1 aromatic carbocycles. The summed E-state index contributed by atoms with van der Waals surface area (Å²) in [5.41, 5.74) is 1.33. The van der Waals surface area contributed by atoms with Gasteiger partial charge in [0.05, 0.1) is 11.3 Å². The highest BCUT2D eigenvalue weighted by Crippen LogP contribution is 2.23. The van der Waals surface area contributed by atoms with E-state index in [4.69, 9.17) is 20.9 Å². The molecule has 3 rings (SSSR count). The Balaban J connectivity index is 1.43. The number of halogens is 1. The zero-order valence-corrected chi connectivity index (χ0v) is 16.0. The predicted molar refractivity (Wildman–Crippen MR) is 102 cm³/mol. The second kappa shape index (κ2) is 8.79. The summed E-state index contributed by atoms with van der Waals surface area (Å²) in [4.78, 5) is 28.9. The number of thiophene rings is 1. The number of esters is 1. The molecule has 1 N–H and O–H groups in total. The van der Waals surface area contributed by atoms with Crippen LogP contribution in [-0.2, 0) is 20.7 Å². The first-order chi connectivity index (χ1) is 13.0. The van der Waals surface area contributed by atoms with Gasteiger partial charge in [0.15, 0.2) is 6.61 Å². The molecule has 0 atom stereocenters. The molecule has 0 aliphatic rings. The van der Waals surface area contributed by atoms with Crippen LogP contribution in [0.4, 0.5) is 5.69 Å². The van der Waals surface area contributed by atoms with Gasteiger partial charge in [-0.3, -0.25) is 9.59 Å². The number of aryl methyl sites for hydroxylation is 1. The lowest BCUT2D eigenvalue weighted by Crippen LogP contribution is -2.21. The SMILES string of the molecule is Cc1c(Cl)cccc1NC(=O)COC(=O)CCc1nc(-c2cccs2)no1. The Morgan fingerprint density at radius 3 is 2.93 bits per heavy atom. The summed E-state index contributed by atoms with van der Waals surface area (Å²) in [6.45, 7) is 1.41. The maximum atomic E-state index is 11.9. The molecular formula is C18H16ClN3O4S. The molecule has 0 fully saturated rings. The summed E-state index contributed by atoms with van der Waals surface area (Å²) in [6, 6.07) is 8.96. The second-order valence-corrected chi connectivity index (χ2v) is 6.97. The van der Waals surface area contributed by atoms with E-state index in [1.54, 1.807) is 25.1 Å². The molecule has 2 heterocycles. The van der Waals surface area contributed by atoms with Gasteiger partial charge in [-0.25, -0.2) is 0 Å². The average molecular weight is 406 g/mol. The number of nitrogens with one attached hydrogen (secondary N) is 1. The third-order valence-electron chi connectivity index (χ3n) is 3.66. The summed E-state index contributed by atoms with van der Waals surface area (Å²) in [5, 5.41) is 8.99. The molecule has 27 heavy (non-hydrogen) atoms. The molecule has 7 nitrogen and oxygen atoms in total. The minimum Gasteiger partial charge on any atom is -0.456 e. The smallest absolute Gasteiger partial charge is 0.306 e. The molecule has 0 aliphatic heterocycles. The quantitative estimate of drug-likeness (QED) is 0.599. The van der Waals surface area contributed by atoms with Gasteiger partial charge in [-0.05, 0) is 36.1 Å². The van der Waals surface area contributed by atoms with Crippen molar-refractivity contribution in [2.24, 2.45) is 0 Å². The van der Waals surface area contributed by atoms with Crippen LogP contribution in [0.5, 0.6) is 0 Å². The maximum absolute atomic E-state index is 11.9. The van der Waals surface area contributed by atoms with Crippen molar-refractivity contribution in [2.45, 2.75) is 19.8 Å². The first kappa shape index (κ1) is 19.1. The van der Waals surface area contributed by atoms with Crippen molar-refractivity contribution in [1.29, 1.82) is 0 Å². The molecule has 0 radical (unpaired) electrons. The van der Waals surface area contributed by atoms with Crippen LogP contribution in [0.15, 0.2) is 40.2 Å². The van der Waals surface area contributed by atoms with Crippen LogP contribution in [0.2, 0.25) is 5.02 Å². The number of amides is 1. The van der Waals surface area contributed by atoms with Crippen LogP contribution in [0.1, 0.15) is 17.9 Å². The van der Waals surface area contributed by atoms with Crippen LogP contribution in [-0.4, -0.2) is 28.6 Å². The number of ether oxygens (including phenoxy) is 1. The van der Waals surface area contributed by atoms with Crippen molar-refractivity contribution in [3.05, 3.63) is 52.2 Å². The number of nitrogens with zero attached hydrogens (tertiary/aromatic N) is 2. The van der Waals surface area contributed by atoms with Gasteiger partial charge in [-0.15, -0.1) is 11.3 Å². The Morgan fingerprint density at radius 2 is 2.15 bits per heavy atom. The van der Waals surface area contributed by atoms with Gasteiger partial charge in [-0.2, -0.15) is 4.98 Å². The fourth-order valence-corrected chi connectivity index (χ4v) is 3.04. The van der Waals surface area contributed by atoms with E-state index >= 15 is 0 Å². The van der Waals surface area contributed by atoms with E-state index in [1.807, 2.05) is 17.5 Å². The lowest BCUT2D eigenvalue weighted by molar-refractivity contribution is -0.147. The van der Waals surface area contributed by atoms with E-state index in [2.05, 4.69) is 15.5 Å². The van der Waals surface area contributed by atoms with Crippen molar-refractivity contribution in [3.63, 3.8) is 0 Å². The Hall–Kier alpha value is -2.71. The first-order valence-electron chi connectivity index (χ1n) is 8.10. The monoisotopic (exact) mass is 405 g/mol. The van der Waals surface area contributed by atoms with Crippen LogP contribution in [0.25, 0.3) is 10.7 Å². The van der Waals surface area contributed by atoms with Crippen molar-refractivity contribution in [3.8, 4) is 10.7 Å². The summed E-state index contributed by atoms with van der Waals surface area (Å²) < 4.78 is 10.1. The molecule has 0 unspecified atom stereocenters. The number of carbonyl (C=O) groups is 2. The van der Waals surface area contributed by atoms with E-state index < -0.39 is 11.9 Å². The molecule has 3 aromatic rings. The summed E-state index contributed by atoms with van der Waals surface area (Å²) >= 11 is 7.50. The lowest BCUT2D eigenvalue weighted by Gasteiger charge is -2.09. The van der Waals surface area contributed by atoms with Gasteiger partial charge in [0.25, 0.3) is 5.91 Å². The zero-order chi connectivity index (χ0) is 19.2. The largest absolute Gasteiger partial charge is 0.456 e. The Morgan fingerprint density at radius 1 is 1.30 bits per heavy atom. The van der Waals surface area contributed by atoms with Crippen LogP contribution in [0, 0.1) is 6.92 Å². The van der Waals surface area contributed by atoms with Crippen LogP contribution in [0.3, 0.4) is 0 Å². The van der Waals surface area contributed by atoms with E-state index in [-0.39, 0.29) is 19.4 Å². The molecule has 0 saturated carbocycles. The minimum atomic E-state index is -0.524. The second-order valence-electron chi connectivity index (χ2n) is 5.61. The van der Waals surface area contributed by atoms with Crippen LogP contribution >= 0.6 is 22.9 Å². The lowest BCUT2D eigenvalue weighted by atomic mass is 10.2. The van der Waals surface area contributed by atoms with E-state index in [1.165, 1.54) is 11.3 Å². The molecule has 9 heteroatoms. The normalized spacial score (nSPS) is 10.6. The zero-order valence-electron chi connectivity index (χ0n) is 14.4. The minimum absolute atomic E-state index is 0.0372. The fraction of sp³-hybridized carbons (Fsp3) is 0.222. The van der Waals surface area contributed by atoms with E-state index in [9.17, 15) is 9.59 Å². The Bertz CT molecular complexity index is 940. The number of hydrogen-bond acceptors (Lipinski definition) is 7. The van der Waals surface area contributed by atoms with Gasteiger partial charge in [0.2, 0.25) is 11.7 Å². The van der Waals surface area contributed by atoms with Crippen molar-refractivity contribution in [1.82, 2.24) is 10.1 Å². The molecule has 0 saturated heterocycles. The third kappa shape index (κ3) is 5.15. The predicted octanol–water partition coefficient (Wildman–Crippen LogP) is 3.87. The standard InChI is InChI=1S/C18H16ClN3O4S/c1-11-12(19)4-2-5-13(11)20-15(23)10-25-17(24)8-7-16-21-18(22-26-16)14-6-3-9-27-14/h2-6,9H,7-8,10H2,1H3,(H,20,23). The first-order valence-corrected chi connectivity index (χ1v) is 9.36. The Labute approximate surface area is 164 Å². The van der Waals surface area contributed by atoms with Gasteiger partial charge < -0.3 is 14.6 Å². The van der Waals surface area contributed by atoms with Crippen molar-refractivity contribution < 1.29 is 18.8 Å². The number of carbonyl (C=O) groups excluding carboxylic acids is 2. The summed E-state index contributed by atoms with van der Waals surface area (Å²) in [5.74, 6) is -0.130. The number of benzene rings is 1. The number of rotatable bonds is 7. The highest BCUT2D eigenvalue weighted by atomic mass is 35.5. The topological polar surface area (TPSA) is 94.3 Å². The maximum Gasteiger partial charge on any atom is 0.306 e. The Kier molecular flexibility index (Phi) is 6.20. The highest BCUT2D eigenvalue weighted by Gasteiger charge is 2.13. The van der Waals surface area contributed by atoms with Gasteiger partial charge in [0, 0.05) is 17.1 Å². The molecule has 140 valence electrons. The molecule has 0 spiro atoms. The average Bonchev–Trinajstić information content (AvgIpc) is 3.33. The molecular weight excluding hydrogens is 390 g/mol. The summed E-state index contributed by atoms with van der Waals surface area (Å²) in [7, 11) is 0. The molecule has 0 bridgehead atoms. The highest BCUT2D eigenvalue weighted by molar-refractivity contribution is 7.13. The van der Waals surface area contributed by atoms with E-state index in [0.29, 0.717) is 22.4 Å². The number of anilines is 1.